The largest absolute Gasteiger partial charge is 0.497 e. The standard InChI is InChI=1S/C42H56FN3O10S/c1-25-10-8-9-11-28-21-42(28,39(50)45-57(51,52)41(24-43)14-15-41)22-34(47)33-19-30(55-35-18-27-17-29(53-6)12-13-32(27)44-37(35)54-7)23-46(33)38(49)31(26(2)16-25)20-36(48)56-40(3,4)5/h9,11-13,17-18,25-26,28,30-31,33H,8,10,14-16,19-24H2,1-7H3,(H,45,50)/b11-9-/t25-,26-,28-,30-,31+,33+,42-/m1/s1. The number of carbonyl (C=O) groups excluding carboxylic acids is 4. The van der Waals surface area contributed by atoms with Gasteiger partial charge in [-0.2, -0.15) is 0 Å². The number of esters is 1. The summed E-state index contributed by atoms with van der Waals surface area (Å²) in [6.45, 7) is 8.18. The van der Waals surface area contributed by atoms with Crippen LogP contribution in [0.2, 0.25) is 0 Å². The maximum Gasteiger partial charge on any atom is 0.307 e. The van der Waals surface area contributed by atoms with Crippen LogP contribution in [0.1, 0.15) is 92.4 Å². The number of nitrogens with one attached hydrogen (secondary N) is 1. The zero-order chi connectivity index (χ0) is 41.5. The fraction of sp³-hybridized carbons (Fsp3) is 0.643. The maximum absolute atomic E-state index is 14.9. The van der Waals surface area contributed by atoms with Gasteiger partial charge in [0.05, 0.1) is 50.1 Å². The molecule has 2 aliphatic heterocycles. The van der Waals surface area contributed by atoms with Crippen molar-refractivity contribution in [3.05, 3.63) is 36.4 Å². The molecule has 0 spiro atoms. The number of methoxy groups -OCH3 is 2. The van der Waals surface area contributed by atoms with Gasteiger partial charge in [-0.25, -0.2) is 17.8 Å². The molecule has 312 valence electrons. The van der Waals surface area contributed by atoms with Crippen molar-refractivity contribution in [1.29, 1.82) is 0 Å². The zero-order valence-electron chi connectivity index (χ0n) is 34.0. The molecule has 3 heterocycles. The number of benzene rings is 1. The van der Waals surface area contributed by atoms with E-state index in [0.29, 0.717) is 29.5 Å². The Hall–Kier alpha value is -4.27. The van der Waals surface area contributed by atoms with Crippen molar-refractivity contribution in [2.45, 2.75) is 115 Å². The van der Waals surface area contributed by atoms with E-state index in [2.05, 4.69) is 16.6 Å². The molecule has 4 aliphatic rings. The monoisotopic (exact) mass is 813 g/mol. The molecule has 0 bridgehead atoms. The van der Waals surface area contributed by atoms with Crippen LogP contribution in [-0.2, 0) is 33.9 Å². The van der Waals surface area contributed by atoms with Crippen LogP contribution in [0.5, 0.6) is 17.4 Å². The van der Waals surface area contributed by atoms with Gasteiger partial charge in [0.2, 0.25) is 21.8 Å². The normalized spacial score (nSPS) is 29.6. The fourth-order valence-corrected chi connectivity index (χ4v) is 9.90. The summed E-state index contributed by atoms with van der Waals surface area (Å²) < 4.78 is 64.0. The lowest BCUT2D eigenvalue weighted by atomic mass is 9.82. The highest BCUT2D eigenvalue weighted by Gasteiger charge is 2.63. The number of fused-ring (bicyclic) bond motifs is 3. The third-order valence-electron chi connectivity index (χ3n) is 12.1. The third-order valence-corrected chi connectivity index (χ3v) is 14.2. The molecule has 2 aromatic rings. The van der Waals surface area contributed by atoms with Gasteiger partial charge in [0.25, 0.3) is 5.88 Å². The predicted octanol–water partition coefficient (Wildman–Crippen LogP) is 5.87. The molecule has 7 atom stereocenters. The molecule has 0 radical (unpaired) electrons. The number of hydrogen-bond acceptors (Lipinski definition) is 11. The number of nitrogens with zero attached hydrogens (tertiary/aromatic N) is 2. The van der Waals surface area contributed by atoms with Crippen LogP contribution >= 0.6 is 0 Å². The van der Waals surface area contributed by atoms with Crippen molar-refractivity contribution in [3.8, 4) is 17.4 Å². The molecule has 1 N–H and O–H groups in total. The number of amides is 2. The number of aromatic nitrogens is 1. The summed E-state index contributed by atoms with van der Waals surface area (Å²) in [6, 6.07) is 6.05. The Balaban J connectivity index is 1.36. The number of rotatable bonds is 10. The van der Waals surface area contributed by atoms with E-state index in [-0.39, 0.29) is 68.5 Å². The average Bonchev–Trinajstić information content (AvgIpc) is 4.05. The second kappa shape index (κ2) is 16.2. The van der Waals surface area contributed by atoms with Gasteiger partial charge in [-0.1, -0.05) is 26.0 Å². The van der Waals surface area contributed by atoms with E-state index in [0.717, 1.165) is 6.42 Å². The van der Waals surface area contributed by atoms with Gasteiger partial charge in [0.15, 0.2) is 11.5 Å². The predicted molar refractivity (Wildman–Crippen MR) is 210 cm³/mol. The van der Waals surface area contributed by atoms with E-state index in [4.69, 9.17) is 18.9 Å². The summed E-state index contributed by atoms with van der Waals surface area (Å²) in [7, 11) is -1.33. The molecule has 13 nitrogen and oxygen atoms in total. The Morgan fingerprint density at radius 2 is 1.81 bits per heavy atom. The smallest absolute Gasteiger partial charge is 0.307 e. The summed E-state index contributed by atoms with van der Waals surface area (Å²) in [5.74, 6) is -2.47. The molecule has 15 heteroatoms. The van der Waals surface area contributed by atoms with Crippen molar-refractivity contribution in [2.75, 3.05) is 27.4 Å². The molecular weight excluding hydrogens is 758 g/mol. The second-order valence-electron chi connectivity index (χ2n) is 17.6. The Bertz CT molecular complexity index is 2030. The van der Waals surface area contributed by atoms with Gasteiger partial charge in [-0.15, -0.1) is 0 Å². The van der Waals surface area contributed by atoms with Crippen LogP contribution in [0.4, 0.5) is 4.39 Å². The first-order valence-corrected chi connectivity index (χ1v) is 21.4. The SMILES string of the molecule is COc1ccc2nc(OC)c(O[C@@H]3C[C@H]4C(=O)C[C@]5(C(=O)NS(=O)(=O)C6(CF)CC6)C[C@H]5/C=C\CC[C@@H](C)C[C@@H](C)[C@H](CC(=O)OC(C)(C)C)C(=O)N4C3)cc2c1. The molecule has 2 amide bonds. The van der Waals surface area contributed by atoms with Gasteiger partial charge in [0.1, 0.15) is 28.9 Å². The zero-order valence-corrected chi connectivity index (χ0v) is 34.8. The minimum atomic E-state index is -4.35. The quantitative estimate of drug-likeness (QED) is 0.225. The number of carbonyl (C=O) groups is 4. The number of ether oxygens (including phenoxy) is 4. The van der Waals surface area contributed by atoms with Gasteiger partial charge in [0, 0.05) is 18.2 Å². The lowest BCUT2D eigenvalue weighted by Gasteiger charge is -2.32. The van der Waals surface area contributed by atoms with Crippen LogP contribution < -0.4 is 18.9 Å². The molecule has 1 aromatic carbocycles. The van der Waals surface area contributed by atoms with E-state index in [1.807, 2.05) is 19.1 Å². The van der Waals surface area contributed by atoms with E-state index in [9.17, 15) is 32.0 Å². The van der Waals surface area contributed by atoms with E-state index >= 15 is 0 Å². The summed E-state index contributed by atoms with van der Waals surface area (Å²) >= 11 is 0. The van der Waals surface area contributed by atoms with Gasteiger partial charge >= 0.3 is 5.97 Å². The summed E-state index contributed by atoms with van der Waals surface area (Å²) in [4.78, 5) is 63.0. The number of halogens is 1. The Morgan fingerprint density at radius 1 is 1.07 bits per heavy atom. The molecule has 3 fully saturated rings. The highest BCUT2D eigenvalue weighted by molar-refractivity contribution is 7.91. The molecule has 57 heavy (non-hydrogen) atoms. The van der Waals surface area contributed by atoms with E-state index in [1.165, 1.54) is 12.0 Å². The molecule has 2 aliphatic carbocycles. The summed E-state index contributed by atoms with van der Waals surface area (Å²) in [6.07, 6.45) is 5.10. The highest BCUT2D eigenvalue weighted by Crippen LogP contribution is 2.58. The van der Waals surface area contributed by atoms with Crippen molar-refractivity contribution < 1.29 is 50.9 Å². The molecule has 6 rings (SSSR count). The summed E-state index contributed by atoms with van der Waals surface area (Å²) in [5, 5.41) is 0.710. The van der Waals surface area contributed by atoms with Crippen molar-refractivity contribution in [1.82, 2.24) is 14.6 Å². The van der Waals surface area contributed by atoms with Crippen LogP contribution in [-0.4, -0.2) is 91.8 Å². The molecule has 1 aromatic heterocycles. The van der Waals surface area contributed by atoms with Crippen LogP contribution in [0, 0.1) is 29.1 Å². The highest BCUT2D eigenvalue weighted by atomic mass is 32.2. The minimum absolute atomic E-state index is 0.0163. The first-order chi connectivity index (χ1) is 26.8. The van der Waals surface area contributed by atoms with E-state index < -0.39 is 80.0 Å². The number of pyridine rings is 1. The topological polar surface area (TPSA) is 167 Å². The number of sulfonamides is 1. The maximum atomic E-state index is 14.9. The fourth-order valence-electron chi connectivity index (χ4n) is 8.46. The number of alkyl halides is 1. The lowest BCUT2D eigenvalue weighted by molar-refractivity contribution is -0.160. The molecule has 1 saturated heterocycles. The number of allylic oxidation sites excluding steroid dienone is 2. The second-order valence-corrected chi connectivity index (χ2v) is 19.7. The number of ketones is 1. The molecular formula is C42H56FN3O10S. The first-order valence-electron chi connectivity index (χ1n) is 19.9. The Morgan fingerprint density at radius 3 is 2.46 bits per heavy atom. The van der Waals surface area contributed by atoms with Crippen molar-refractivity contribution >= 4 is 44.5 Å². The Labute approximate surface area is 334 Å². The third kappa shape index (κ3) is 9.08. The Kier molecular flexibility index (Phi) is 12.0. The number of Topliss-reactive ketones (excluding diaryl/α,β-unsaturated/α-hetero) is 1. The van der Waals surface area contributed by atoms with Gasteiger partial charge in [-0.05, 0) is 101 Å². The minimum Gasteiger partial charge on any atom is -0.497 e. The van der Waals surface area contributed by atoms with Crippen LogP contribution in [0.15, 0.2) is 36.4 Å². The lowest BCUT2D eigenvalue weighted by Crippen LogP contribution is -2.48. The van der Waals surface area contributed by atoms with Crippen molar-refractivity contribution in [3.63, 3.8) is 0 Å². The first kappa shape index (κ1) is 42.3. The van der Waals surface area contributed by atoms with Gasteiger partial charge in [-0.3, -0.25) is 23.9 Å². The average molecular weight is 814 g/mol. The van der Waals surface area contributed by atoms with Crippen LogP contribution in [0.25, 0.3) is 10.9 Å². The molecule has 0 unspecified atom stereocenters. The van der Waals surface area contributed by atoms with Gasteiger partial charge < -0.3 is 23.8 Å². The van der Waals surface area contributed by atoms with Crippen molar-refractivity contribution in [2.24, 2.45) is 29.1 Å². The van der Waals surface area contributed by atoms with Crippen LogP contribution in [0.3, 0.4) is 0 Å². The summed E-state index contributed by atoms with van der Waals surface area (Å²) in [5.41, 5.74) is -1.55. The number of hydrogen-bond donors (Lipinski definition) is 1. The van der Waals surface area contributed by atoms with E-state index in [1.54, 1.807) is 52.1 Å². The molecule has 2 saturated carbocycles.